The standard InChI is InChI=1S/C17H25ClFNO2/c1-3-12-8-13(22-2)9-14(18)16(12)15(21)10-20-11-17(19)6-4-5-7-17/h8-9,15,20-21H,3-7,10-11H2,1-2H3. The van der Waals surface area contributed by atoms with Gasteiger partial charge in [-0.05, 0) is 37.0 Å². The summed E-state index contributed by atoms with van der Waals surface area (Å²) in [5, 5.41) is 14.0. The van der Waals surface area contributed by atoms with Crippen LogP contribution in [0.4, 0.5) is 4.39 Å². The fourth-order valence-electron chi connectivity index (χ4n) is 3.15. The number of halogens is 2. The van der Waals surface area contributed by atoms with Gasteiger partial charge in [-0.25, -0.2) is 4.39 Å². The Morgan fingerprint density at radius 1 is 1.41 bits per heavy atom. The van der Waals surface area contributed by atoms with E-state index in [4.69, 9.17) is 16.3 Å². The molecule has 5 heteroatoms. The monoisotopic (exact) mass is 329 g/mol. The highest BCUT2D eigenvalue weighted by molar-refractivity contribution is 6.31. The molecule has 1 aromatic rings. The molecule has 1 unspecified atom stereocenters. The fourth-order valence-corrected chi connectivity index (χ4v) is 3.51. The number of aliphatic hydroxyl groups is 1. The first-order valence-electron chi connectivity index (χ1n) is 7.93. The van der Waals surface area contributed by atoms with Crippen molar-refractivity contribution in [3.8, 4) is 5.75 Å². The number of methoxy groups -OCH3 is 1. The number of aryl methyl sites for hydroxylation is 1. The number of benzene rings is 1. The fraction of sp³-hybridized carbons (Fsp3) is 0.647. The topological polar surface area (TPSA) is 41.5 Å². The van der Waals surface area contributed by atoms with Crippen molar-refractivity contribution in [1.29, 1.82) is 0 Å². The molecule has 3 nitrogen and oxygen atoms in total. The smallest absolute Gasteiger partial charge is 0.123 e. The third kappa shape index (κ3) is 4.12. The predicted molar refractivity (Wildman–Crippen MR) is 87.5 cm³/mol. The number of hydrogen-bond acceptors (Lipinski definition) is 3. The van der Waals surface area contributed by atoms with Gasteiger partial charge in [-0.15, -0.1) is 0 Å². The van der Waals surface area contributed by atoms with E-state index in [1.54, 1.807) is 13.2 Å². The molecule has 0 heterocycles. The molecule has 1 atom stereocenters. The summed E-state index contributed by atoms with van der Waals surface area (Å²) in [5.41, 5.74) is 0.545. The molecule has 2 rings (SSSR count). The first kappa shape index (κ1) is 17.5. The average molecular weight is 330 g/mol. The molecule has 0 radical (unpaired) electrons. The minimum atomic E-state index is -1.11. The van der Waals surface area contributed by atoms with E-state index in [2.05, 4.69) is 5.32 Å². The zero-order chi connectivity index (χ0) is 16.2. The Balaban J connectivity index is 2.01. The van der Waals surface area contributed by atoms with Crippen molar-refractivity contribution < 1.29 is 14.2 Å². The highest BCUT2D eigenvalue weighted by atomic mass is 35.5. The lowest BCUT2D eigenvalue weighted by atomic mass is 9.99. The zero-order valence-electron chi connectivity index (χ0n) is 13.3. The predicted octanol–water partition coefficient (Wildman–Crippen LogP) is 3.82. The van der Waals surface area contributed by atoms with Crippen LogP contribution in [0.5, 0.6) is 5.75 Å². The highest BCUT2D eigenvalue weighted by Crippen LogP contribution is 2.34. The lowest BCUT2D eigenvalue weighted by Gasteiger charge is -2.22. The largest absolute Gasteiger partial charge is 0.497 e. The molecule has 0 amide bonds. The second kappa shape index (κ2) is 7.62. The van der Waals surface area contributed by atoms with Crippen molar-refractivity contribution in [1.82, 2.24) is 5.32 Å². The van der Waals surface area contributed by atoms with Crippen LogP contribution < -0.4 is 10.1 Å². The van der Waals surface area contributed by atoms with Crippen LogP contribution in [0.25, 0.3) is 0 Å². The van der Waals surface area contributed by atoms with Gasteiger partial charge in [-0.1, -0.05) is 31.4 Å². The van der Waals surface area contributed by atoms with E-state index in [-0.39, 0.29) is 0 Å². The summed E-state index contributed by atoms with van der Waals surface area (Å²) in [6, 6.07) is 3.59. The molecule has 22 heavy (non-hydrogen) atoms. The maximum Gasteiger partial charge on any atom is 0.123 e. The van der Waals surface area contributed by atoms with Crippen molar-refractivity contribution in [2.24, 2.45) is 0 Å². The van der Waals surface area contributed by atoms with E-state index >= 15 is 0 Å². The average Bonchev–Trinajstić information content (AvgIpc) is 2.92. The maximum absolute atomic E-state index is 14.3. The van der Waals surface area contributed by atoms with E-state index in [0.29, 0.717) is 42.3 Å². The first-order valence-corrected chi connectivity index (χ1v) is 8.31. The van der Waals surface area contributed by atoms with Gasteiger partial charge in [0.1, 0.15) is 11.4 Å². The van der Waals surface area contributed by atoms with Crippen LogP contribution in [0.15, 0.2) is 12.1 Å². The van der Waals surface area contributed by atoms with Crippen molar-refractivity contribution in [3.05, 3.63) is 28.3 Å². The molecule has 2 N–H and O–H groups in total. The van der Waals surface area contributed by atoms with Crippen molar-refractivity contribution in [2.75, 3.05) is 20.2 Å². The van der Waals surface area contributed by atoms with Crippen LogP contribution >= 0.6 is 11.6 Å². The Morgan fingerprint density at radius 2 is 2.09 bits per heavy atom. The van der Waals surface area contributed by atoms with Crippen molar-refractivity contribution in [3.63, 3.8) is 0 Å². The summed E-state index contributed by atoms with van der Waals surface area (Å²) in [5.74, 6) is 0.680. The lowest BCUT2D eigenvalue weighted by Crippen LogP contribution is -2.36. The van der Waals surface area contributed by atoms with Crippen LogP contribution in [0.1, 0.15) is 49.8 Å². The van der Waals surface area contributed by atoms with Crippen molar-refractivity contribution >= 4 is 11.6 Å². The molecular formula is C17H25ClFNO2. The molecule has 1 aliphatic carbocycles. The SMILES string of the molecule is CCc1cc(OC)cc(Cl)c1C(O)CNCC1(F)CCCC1. The Hall–Kier alpha value is -0.840. The molecule has 1 saturated carbocycles. The quantitative estimate of drug-likeness (QED) is 0.799. The lowest BCUT2D eigenvalue weighted by molar-refractivity contribution is 0.140. The number of nitrogens with one attached hydrogen (secondary N) is 1. The molecule has 1 fully saturated rings. The first-order chi connectivity index (χ1) is 10.5. The summed E-state index contributed by atoms with van der Waals surface area (Å²) in [6.07, 6.45) is 3.12. The molecule has 0 aliphatic heterocycles. The second-order valence-corrected chi connectivity index (χ2v) is 6.45. The van der Waals surface area contributed by atoms with Gasteiger partial charge in [0.05, 0.1) is 18.2 Å². The third-order valence-electron chi connectivity index (χ3n) is 4.42. The van der Waals surface area contributed by atoms with Gasteiger partial charge < -0.3 is 15.2 Å². The zero-order valence-corrected chi connectivity index (χ0v) is 14.0. The summed E-state index contributed by atoms with van der Waals surface area (Å²) in [7, 11) is 1.59. The van der Waals surface area contributed by atoms with Gasteiger partial charge in [-0.3, -0.25) is 0 Å². The Bertz CT molecular complexity index is 504. The van der Waals surface area contributed by atoms with E-state index < -0.39 is 11.8 Å². The van der Waals surface area contributed by atoms with E-state index in [1.807, 2.05) is 13.0 Å². The van der Waals surface area contributed by atoms with Gasteiger partial charge in [0.25, 0.3) is 0 Å². The molecule has 1 aromatic carbocycles. The van der Waals surface area contributed by atoms with Crippen molar-refractivity contribution in [2.45, 2.75) is 50.8 Å². The normalized spacial score (nSPS) is 18.4. The number of alkyl halides is 1. The molecular weight excluding hydrogens is 305 g/mol. The number of aliphatic hydroxyl groups excluding tert-OH is 1. The summed E-state index contributed by atoms with van der Waals surface area (Å²) in [6.45, 7) is 2.59. The highest BCUT2D eigenvalue weighted by Gasteiger charge is 2.33. The number of ether oxygens (including phenoxy) is 1. The molecule has 1 aliphatic rings. The molecule has 0 bridgehead atoms. The summed E-state index contributed by atoms with van der Waals surface area (Å²) >= 11 is 6.28. The van der Waals surface area contributed by atoms with Gasteiger partial charge in [0, 0.05) is 18.7 Å². The Morgan fingerprint density at radius 3 is 2.68 bits per heavy atom. The Kier molecular flexibility index (Phi) is 6.07. The molecule has 0 spiro atoms. The Labute approximate surface area is 136 Å². The van der Waals surface area contributed by atoms with Crippen LogP contribution in [-0.4, -0.2) is 31.0 Å². The van der Waals surface area contributed by atoms with Crippen LogP contribution in [-0.2, 0) is 6.42 Å². The van der Waals surface area contributed by atoms with Crippen LogP contribution in [0.2, 0.25) is 5.02 Å². The van der Waals surface area contributed by atoms with Gasteiger partial charge in [0.15, 0.2) is 0 Å². The second-order valence-electron chi connectivity index (χ2n) is 6.04. The van der Waals surface area contributed by atoms with E-state index in [0.717, 1.165) is 24.8 Å². The summed E-state index contributed by atoms with van der Waals surface area (Å²) in [4.78, 5) is 0. The number of hydrogen-bond donors (Lipinski definition) is 2. The van der Waals surface area contributed by atoms with Gasteiger partial charge in [0.2, 0.25) is 0 Å². The van der Waals surface area contributed by atoms with E-state index in [1.165, 1.54) is 0 Å². The molecule has 0 saturated heterocycles. The van der Waals surface area contributed by atoms with Crippen LogP contribution in [0, 0.1) is 0 Å². The van der Waals surface area contributed by atoms with E-state index in [9.17, 15) is 9.50 Å². The van der Waals surface area contributed by atoms with Crippen LogP contribution in [0.3, 0.4) is 0 Å². The third-order valence-corrected chi connectivity index (χ3v) is 4.73. The maximum atomic E-state index is 14.3. The van der Waals surface area contributed by atoms with Gasteiger partial charge >= 0.3 is 0 Å². The minimum absolute atomic E-state index is 0.291. The minimum Gasteiger partial charge on any atom is -0.497 e. The summed E-state index contributed by atoms with van der Waals surface area (Å²) < 4.78 is 19.5. The van der Waals surface area contributed by atoms with Gasteiger partial charge in [-0.2, -0.15) is 0 Å². The molecule has 0 aromatic heterocycles. The molecule has 124 valence electrons. The number of rotatable bonds is 7.